The highest BCUT2D eigenvalue weighted by Crippen LogP contribution is 2.31. The van der Waals surface area contributed by atoms with Crippen LogP contribution >= 0.6 is 0 Å². The van der Waals surface area contributed by atoms with E-state index < -0.39 is 0 Å². The van der Waals surface area contributed by atoms with Crippen LogP contribution < -0.4 is 5.32 Å². The summed E-state index contributed by atoms with van der Waals surface area (Å²) in [6, 6.07) is 4.37. The standard InChI is InChI=1S/C12H19N3O/c1-9(2)11-10-5-4-6-14(10)7-8-15(11)12(16)13-3/h4-6,9,11H,7-8H2,1-3H3,(H,13,16). The number of aromatic nitrogens is 1. The zero-order valence-electron chi connectivity index (χ0n) is 10.1. The Morgan fingerprint density at radius 3 is 2.88 bits per heavy atom. The molecule has 0 saturated carbocycles. The number of hydrogen-bond donors (Lipinski definition) is 1. The highest BCUT2D eigenvalue weighted by Gasteiger charge is 2.32. The van der Waals surface area contributed by atoms with E-state index >= 15 is 0 Å². The first-order valence-electron chi connectivity index (χ1n) is 5.78. The molecule has 1 atom stereocenters. The molecular formula is C12H19N3O. The summed E-state index contributed by atoms with van der Waals surface area (Å²) in [4.78, 5) is 13.7. The lowest BCUT2D eigenvalue weighted by molar-refractivity contribution is 0.135. The first-order valence-corrected chi connectivity index (χ1v) is 5.78. The highest BCUT2D eigenvalue weighted by atomic mass is 16.2. The maximum Gasteiger partial charge on any atom is 0.317 e. The number of carbonyl (C=O) groups is 1. The first kappa shape index (κ1) is 11.0. The molecule has 1 aliphatic rings. The van der Waals surface area contributed by atoms with Gasteiger partial charge in [0.05, 0.1) is 6.04 Å². The number of fused-ring (bicyclic) bond motifs is 1. The summed E-state index contributed by atoms with van der Waals surface area (Å²) in [6.45, 7) is 5.98. The van der Waals surface area contributed by atoms with Gasteiger partial charge < -0.3 is 14.8 Å². The Morgan fingerprint density at radius 2 is 2.25 bits per heavy atom. The molecule has 88 valence electrons. The summed E-state index contributed by atoms with van der Waals surface area (Å²) in [6.07, 6.45) is 2.09. The van der Waals surface area contributed by atoms with Gasteiger partial charge in [0.15, 0.2) is 0 Å². The van der Waals surface area contributed by atoms with Gasteiger partial charge in [-0.2, -0.15) is 0 Å². The summed E-state index contributed by atoms with van der Waals surface area (Å²) in [5, 5.41) is 2.72. The molecule has 1 unspecified atom stereocenters. The van der Waals surface area contributed by atoms with Crippen LogP contribution in [0.25, 0.3) is 0 Å². The van der Waals surface area contributed by atoms with Crippen molar-refractivity contribution in [3.8, 4) is 0 Å². The van der Waals surface area contributed by atoms with E-state index in [1.54, 1.807) is 7.05 Å². The lowest BCUT2D eigenvalue weighted by atomic mass is 9.97. The fourth-order valence-corrected chi connectivity index (χ4v) is 2.49. The van der Waals surface area contributed by atoms with Crippen molar-refractivity contribution in [3.05, 3.63) is 24.0 Å². The zero-order valence-corrected chi connectivity index (χ0v) is 10.1. The second-order valence-electron chi connectivity index (χ2n) is 4.56. The minimum absolute atomic E-state index is 0.0196. The predicted molar refractivity (Wildman–Crippen MR) is 63.2 cm³/mol. The quantitative estimate of drug-likeness (QED) is 0.772. The van der Waals surface area contributed by atoms with Crippen LogP contribution in [0.15, 0.2) is 18.3 Å². The van der Waals surface area contributed by atoms with E-state index in [2.05, 4.69) is 42.1 Å². The predicted octanol–water partition coefficient (Wildman–Crippen LogP) is 1.84. The van der Waals surface area contributed by atoms with Crippen molar-refractivity contribution in [1.82, 2.24) is 14.8 Å². The van der Waals surface area contributed by atoms with Gasteiger partial charge in [-0.15, -0.1) is 0 Å². The average molecular weight is 221 g/mol. The molecule has 2 rings (SSSR count). The van der Waals surface area contributed by atoms with E-state index in [1.807, 2.05) is 4.90 Å². The molecule has 0 aromatic carbocycles. The molecule has 4 heteroatoms. The molecular weight excluding hydrogens is 202 g/mol. The van der Waals surface area contributed by atoms with Gasteiger partial charge in [-0.05, 0) is 18.1 Å². The third kappa shape index (κ3) is 1.68. The molecule has 16 heavy (non-hydrogen) atoms. The number of rotatable bonds is 1. The lowest BCUT2D eigenvalue weighted by Gasteiger charge is -2.38. The van der Waals surface area contributed by atoms with Crippen LogP contribution in [0.3, 0.4) is 0 Å². The third-order valence-corrected chi connectivity index (χ3v) is 3.19. The molecule has 2 heterocycles. The zero-order chi connectivity index (χ0) is 11.7. The Morgan fingerprint density at radius 1 is 1.50 bits per heavy atom. The van der Waals surface area contributed by atoms with Gasteiger partial charge in [-0.1, -0.05) is 13.8 Å². The minimum atomic E-state index is 0.0196. The van der Waals surface area contributed by atoms with Gasteiger partial charge in [0.2, 0.25) is 0 Å². The van der Waals surface area contributed by atoms with Gasteiger partial charge in [0, 0.05) is 32.0 Å². The molecule has 0 spiro atoms. The number of nitrogens with one attached hydrogen (secondary N) is 1. The van der Waals surface area contributed by atoms with Gasteiger partial charge in [0.25, 0.3) is 0 Å². The lowest BCUT2D eigenvalue weighted by Crippen LogP contribution is -2.47. The van der Waals surface area contributed by atoms with Crippen molar-refractivity contribution >= 4 is 6.03 Å². The van der Waals surface area contributed by atoms with E-state index in [1.165, 1.54) is 5.69 Å². The summed E-state index contributed by atoms with van der Waals surface area (Å²) < 4.78 is 2.24. The Bertz CT molecular complexity index is 383. The molecule has 0 radical (unpaired) electrons. The molecule has 0 fully saturated rings. The number of urea groups is 1. The molecule has 0 aliphatic carbocycles. The van der Waals surface area contributed by atoms with Crippen LogP contribution in [0.5, 0.6) is 0 Å². The maximum absolute atomic E-state index is 11.8. The van der Waals surface area contributed by atoms with E-state index in [0.717, 1.165) is 13.1 Å². The number of carbonyl (C=O) groups excluding carboxylic acids is 1. The molecule has 1 aromatic heterocycles. The van der Waals surface area contributed by atoms with E-state index in [-0.39, 0.29) is 12.1 Å². The average Bonchev–Trinajstić information content (AvgIpc) is 2.73. The smallest absolute Gasteiger partial charge is 0.317 e. The molecule has 2 amide bonds. The Kier molecular flexibility index (Phi) is 2.90. The Hall–Kier alpha value is -1.45. The third-order valence-electron chi connectivity index (χ3n) is 3.19. The van der Waals surface area contributed by atoms with Crippen LogP contribution in [0.2, 0.25) is 0 Å². The van der Waals surface area contributed by atoms with E-state index in [9.17, 15) is 4.79 Å². The second kappa shape index (κ2) is 4.20. The highest BCUT2D eigenvalue weighted by molar-refractivity contribution is 5.74. The van der Waals surface area contributed by atoms with Gasteiger partial charge in [-0.3, -0.25) is 0 Å². The second-order valence-corrected chi connectivity index (χ2v) is 4.56. The topological polar surface area (TPSA) is 37.3 Å². The van der Waals surface area contributed by atoms with Crippen LogP contribution in [0, 0.1) is 5.92 Å². The van der Waals surface area contributed by atoms with E-state index in [0.29, 0.717) is 5.92 Å². The monoisotopic (exact) mass is 221 g/mol. The van der Waals surface area contributed by atoms with Crippen molar-refractivity contribution in [2.75, 3.05) is 13.6 Å². The van der Waals surface area contributed by atoms with Crippen molar-refractivity contribution in [1.29, 1.82) is 0 Å². The summed E-state index contributed by atoms with van der Waals surface area (Å²) in [5.74, 6) is 0.422. The number of hydrogen-bond acceptors (Lipinski definition) is 1. The van der Waals surface area contributed by atoms with Crippen molar-refractivity contribution in [3.63, 3.8) is 0 Å². The fourth-order valence-electron chi connectivity index (χ4n) is 2.49. The van der Waals surface area contributed by atoms with Crippen molar-refractivity contribution in [2.24, 2.45) is 5.92 Å². The number of amides is 2. The molecule has 1 aromatic rings. The molecule has 4 nitrogen and oxygen atoms in total. The molecule has 1 aliphatic heterocycles. The van der Waals surface area contributed by atoms with Gasteiger partial charge >= 0.3 is 6.03 Å². The van der Waals surface area contributed by atoms with Crippen LogP contribution in [-0.2, 0) is 6.54 Å². The summed E-state index contributed by atoms with van der Waals surface area (Å²) in [7, 11) is 1.69. The fraction of sp³-hybridized carbons (Fsp3) is 0.583. The van der Waals surface area contributed by atoms with Crippen molar-refractivity contribution in [2.45, 2.75) is 26.4 Å². The van der Waals surface area contributed by atoms with Crippen molar-refractivity contribution < 1.29 is 4.79 Å². The molecule has 1 N–H and O–H groups in total. The van der Waals surface area contributed by atoms with Gasteiger partial charge in [-0.25, -0.2) is 4.79 Å². The Labute approximate surface area is 96.2 Å². The molecule has 0 saturated heterocycles. The molecule has 0 bridgehead atoms. The maximum atomic E-state index is 11.8. The van der Waals surface area contributed by atoms with E-state index in [4.69, 9.17) is 0 Å². The van der Waals surface area contributed by atoms with Crippen LogP contribution in [-0.4, -0.2) is 29.1 Å². The normalized spacial score (nSPS) is 19.8. The van der Waals surface area contributed by atoms with Gasteiger partial charge in [0.1, 0.15) is 0 Å². The summed E-state index contributed by atoms with van der Waals surface area (Å²) in [5.41, 5.74) is 1.24. The minimum Gasteiger partial charge on any atom is -0.348 e. The Balaban J connectivity index is 2.34. The van der Waals surface area contributed by atoms with Crippen LogP contribution in [0.4, 0.5) is 4.79 Å². The largest absolute Gasteiger partial charge is 0.348 e. The number of nitrogens with zero attached hydrogens (tertiary/aromatic N) is 2. The first-order chi connectivity index (χ1) is 7.65. The summed E-state index contributed by atoms with van der Waals surface area (Å²) >= 11 is 0. The SMILES string of the molecule is CNC(=O)N1CCn2cccc2C1C(C)C. The van der Waals surface area contributed by atoms with Crippen LogP contribution in [0.1, 0.15) is 25.6 Å².